The first-order valence-corrected chi connectivity index (χ1v) is 8.35. The molecule has 3 rings (SSSR count). The molecule has 0 aliphatic carbocycles. The largest absolute Gasteiger partial charge is 0.378 e. The summed E-state index contributed by atoms with van der Waals surface area (Å²) in [7, 11) is 0. The highest BCUT2D eigenvalue weighted by Crippen LogP contribution is 2.22. The normalized spacial score (nSPS) is 23.5. The highest BCUT2D eigenvalue weighted by Gasteiger charge is 2.31. The lowest BCUT2D eigenvalue weighted by Crippen LogP contribution is -2.44. The number of hydrogen-bond donors (Lipinski definition) is 0. The van der Waals surface area contributed by atoms with Gasteiger partial charge in [-0.3, -0.25) is 9.69 Å². The van der Waals surface area contributed by atoms with Crippen LogP contribution in [0.3, 0.4) is 0 Å². The van der Waals surface area contributed by atoms with Gasteiger partial charge in [0, 0.05) is 30.7 Å². The maximum atomic E-state index is 12.5. The van der Waals surface area contributed by atoms with E-state index in [1.807, 2.05) is 11.0 Å². The lowest BCUT2D eigenvalue weighted by molar-refractivity contribution is -0.139. The summed E-state index contributed by atoms with van der Waals surface area (Å²) in [5.41, 5.74) is 1.30. The summed E-state index contributed by atoms with van der Waals surface area (Å²) in [6.45, 7) is 5.67. The smallest absolute Gasteiger partial charge is 0.227 e. The molecule has 1 aromatic rings. The Morgan fingerprint density at radius 2 is 2.10 bits per heavy atom. The van der Waals surface area contributed by atoms with Crippen molar-refractivity contribution < 1.29 is 9.53 Å². The van der Waals surface area contributed by atoms with E-state index in [2.05, 4.69) is 39.0 Å². The molecule has 2 fully saturated rings. The minimum atomic E-state index is 0.162. The van der Waals surface area contributed by atoms with E-state index in [-0.39, 0.29) is 5.92 Å². The molecule has 0 bridgehead atoms. The van der Waals surface area contributed by atoms with Crippen molar-refractivity contribution in [2.75, 3.05) is 39.4 Å². The minimum Gasteiger partial charge on any atom is -0.378 e. The Balaban J connectivity index is 1.54. The third kappa shape index (κ3) is 3.84. The Morgan fingerprint density at radius 3 is 2.86 bits per heavy atom. The number of rotatable bonds is 3. The maximum Gasteiger partial charge on any atom is 0.227 e. The van der Waals surface area contributed by atoms with Crippen molar-refractivity contribution in [1.29, 1.82) is 0 Å². The monoisotopic (exact) mass is 352 g/mol. The van der Waals surface area contributed by atoms with Gasteiger partial charge in [-0.25, -0.2) is 0 Å². The number of halogens is 1. The van der Waals surface area contributed by atoms with Crippen LogP contribution in [0.2, 0.25) is 0 Å². The Hall–Kier alpha value is -0.910. The first-order chi connectivity index (χ1) is 10.2. The predicted molar refractivity (Wildman–Crippen MR) is 84.9 cm³/mol. The van der Waals surface area contributed by atoms with E-state index in [0.29, 0.717) is 19.1 Å². The molecule has 0 spiro atoms. The highest BCUT2D eigenvalue weighted by atomic mass is 79.9. The average Bonchev–Trinajstić information content (AvgIpc) is 2.96. The van der Waals surface area contributed by atoms with Crippen molar-refractivity contribution in [3.05, 3.63) is 34.3 Å². The first kappa shape index (κ1) is 15.0. The molecule has 114 valence electrons. The summed E-state index contributed by atoms with van der Waals surface area (Å²) in [5, 5.41) is 0. The summed E-state index contributed by atoms with van der Waals surface area (Å²) < 4.78 is 6.43. The molecule has 1 atom stereocenters. The Labute approximate surface area is 134 Å². The van der Waals surface area contributed by atoms with E-state index in [1.54, 1.807) is 0 Å². The van der Waals surface area contributed by atoms with Gasteiger partial charge in [0.2, 0.25) is 5.91 Å². The quantitative estimate of drug-likeness (QED) is 0.835. The molecule has 4 nitrogen and oxygen atoms in total. The fourth-order valence-corrected chi connectivity index (χ4v) is 3.56. The summed E-state index contributed by atoms with van der Waals surface area (Å²) in [6.07, 6.45) is 0.976. The van der Waals surface area contributed by atoms with Crippen molar-refractivity contribution in [3.63, 3.8) is 0 Å². The summed E-state index contributed by atoms with van der Waals surface area (Å²) in [4.78, 5) is 16.8. The van der Waals surface area contributed by atoms with E-state index in [9.17, 15) is 4.79 Å². The molecule has 2 saturated heterocycles. The second-order valence-electron chi connectivity index (χ2n) is 5.79. The fourth-order valence-electron chi connectivity index (χ4n) is 3.11. The van der Waals surface area contributed by atoms with Crippen LogP contribution >= 0.6 is 15.9 Å². The third-order valence-corrected chi connectivity index (χ3v) is 4.73. The first-order valence-electron chi connectivity index (χ1n) is 7.56. The SMILES string of the molecule is O=C(C1CCN(Cc2cccc(Br)c2)C1)N1CCOCC1. The molecule has 2 heterocycles. The van der Waals surface area contributed by atoms with Gasteiger partial charge in [-0.1, -0.05) is 28.1 Å². The number of carbonyl (C=O) groups excluding carboxylic acids is 1. The van der Waals surface area contributed by atoms with Crippen LogP contribution in [0, 0.1) is 5.92 Å². The van der Waals surface area contributed by atoms with Crippen LogP contribution in [0.25, 0.3) is 0 Å². The van der Waals surface area contributed by atoms with Gasteiger partial charge in [0.25, 0.3) is 0 Å². The number of nitrogens with zero attached hydrogens (tertiary/aromatic N) is 2. The lowest BCUT2D eigenvalue weighted by atomic mass is 10.1. The molecule has 2 aliphatic heterocycles. The van der Waals surface area contributed by atoms with Gasteiger partial charge in [0.15, 0.2) is 0 Å². The van der Waals surface area contributed by atoms with Gasteiger partial charge in [-0.2, -0.15) is 0 Å². The number of carbonyl (C=O) groups is 1. The van der Waals surface area contributed by atoms with E-state index in [4.69, 9.17) is 4.74 Å². The van der Waals surface area contributed by atoms with Gasteiger partial charge >= 0.3 is 0 Å². The number of likely N-dealkylation sites (tertiary alicyclic amines) is 1. The van der Waals surface area contributed by atoms with Crippen LogP contribution in [0.4, 0.5) is 0 Å². The third-order valence-electron chi connectivity index (χ3n) is 4.24. The molecule has 1 unspecified atom stereocenters. The van der Waals surface area contributed by atoms with Crippen LogP contribution in [-0.4, -0.2) is 55.1 Å². The number of ether oxygens (including phenoxy) is 1. The Bertz CT molecular complexity index is 503. The van der Waals surface area contributed by atoms with Crippen LogP contribution < -0.4 is 0 Å². The van der Waals surface area contributed by atoms with Crippen LogP contribution in [0.15, 0.2) is 28.7 Å². The van der Waals surface area contributed by atoms with Crippen molar-refractivity contribution in [2.24, 2.45) is 5.92 Å². The molecular weight excluding hydrogens is 332 g/mol. The number of morpholine rings is 1. The van der Waals surface area contributed by atoms with Gasteiger partial charge < -0.3 is 9.64 Å². The predicted octanol–water partition coefficient (Wildman–Crippen LogP) is 2.13. The minimum absolute atomic E-state index is 0.162. The maximum absolute atomic E-state index is 12.5. The van der Waals surface area contributed by atoms with Gasteiger partial charge in [-0.05, 0) is 30.7 Å². The molecule has 1 aromatic carbocycles. The molecule has 0 radical (unpaired) electrons. The molecule has 5 heteroatoms. The molecule has 1 amide bonds. The number of amides is 1. The number of benzene rings is 1. The molecule has 21 heavy (non-hydrogen) atoms. The Kier molecular flexibility index (Phi) is 4.93. The molecule has 0 aromatic heterocycles. The zero-order chi connectivity index (χ0) is 14.7. The van der Waals surface area contributed by atoms with E-state index < -0.39 is 0 Å². The zero-order valence-corrected chi connectivity index (χ0v) is 13.7. The summed E-state index contributed by atoms with van der Waals surface area (Å²) >= 11 is 3.51. The summed E-state index contributed by atoms with van der Waals surface area (Å²) in [5.74, 6) is 0.477. The topological polar surface area (TPSA) is 32.8 Å². The van der Waals surface area contributed by atoms with Crippen molar-refractivity contribution in [3.8, 4) is 0 Å². The van der Waals surface area contributed by atoms with Crippen molar-refractivity contribution in [1.82, 2.24) is 9.80 Å². The molecular formula is C16H21BrN2O2. The molecule has 2 aliphatic rings. The molecule has 0 N–H and O–H groups in total. The number of hydrogen-bond acceptors (Lipinski definition) is 3. The van der Waals surface area contributed by atoms with Crippen LogP contribution in [-0.2, 0) is 16.1 Å². The standard InChI is InChI=1S/C16H21BrN2O2/c17-15-3-1-2-13(10-15)11-18-5-4-14(12-18)16(20)19-6-8-21-9-7-19/h1-3,10,14H,4-9,11-12H2. The molecule has 0 saturated carbocycles. The van der Waals surface area contributed by atoms with Crippen LogP contribution in [0.5, 0.6) is 0 Å². The van der Waals surface area contributed by atoms with Gasteiger partial charge in [0.1, 0.15) is 0 Å². The summed E-state index contributed by atoms with van der Waals surface area (Å²) in [6, 6.07) is 8.39. The highest BCUT2D eigenvalue weighted by molar-refractivity contribution is 9.10. The lowest BCUT2D eigenvalue weighted by Gasteiger charge is -2.29. The second kappa shape index (κ2) is 6.90. The van der Waals surface area contributed by atoms with E-state index in [0.717, 1.165) is 43.6 Å². The van der Waals surface area contributed by atoms with Gasteiger partial charge in [0.05, 0.1) is 19.1 Å². The Morgan fingerprint density at radius 1 is 1.29 bits per heavy atom. The van der Waals surface area contributed by atoms with E-state index in [1.165, 1.54) is 5.56 Å². The van der Waals surface area contributed by atoms with Crippen molar-refractivity contribution >= 4 is 21.8 Å². The van der Waals surface area contributed by atoms with Crippen molar-refractivity contribution in [2.45, 2.75) is 13.0 Å². The van der Waals surface area contributed by atoms with E-state index >= 15 is 0 Å². The van der Waals surface area contributed by atoms with Gasteiger partial charge in [-0.15, -0.1) is 0 Å². The zero-order valence-electron chi connectivity index (χ0n) is 12.1. The average molecular weight is 353 g/mol. The van der Waals surface area contributed by atoms with Crippen LogP contribution in [0.1, 0.15) is 12.0 Å². The fraction of sp³-hybridized carbons (Fsp3) is 0.562. The second-order valence-corrected chi connectivity index (χ2v) is 6.70.